The lowest BCUT2D eigenvalue weighted by Gasteiger charge is -2.14. The van der Waals surface area contributed by atoms with Crippen molar-refractivity contribution in [2.24, 2.45) is 5.92 Å². The first-order chi connectivity index (χ1) is 12.5. The van der Waals surface area contributed by atoms with Crippen LogP contribution in [0, 0.1) is 5.92 Å². The second-order valence-electron chi connectivity index (χ2n) is 4.98. The number of nitrogens with two attached hydrogens (primary N) is 1. The van der Waals surface area contributed by atoms with Crippen molar-refractivity contribution in [1.29, 1.82) is 0 Å². The van der Waals surface area contributed by atoms with Gasteiger partial charge in [0.05, 0.1) is 13.2 Å². The Bertz CT molecular complexity index is 644. The molecule has 3 N–H and O–H groups in total. The lowest BCUT2D eigenvalue weighted by molar-refractivity contribution is -0.161. The molecule has 8 nitrogen and oxygen atoms in total. The highest BCUT2D eigenvalue weighted by atomic mass is 32.2. The molecular weight excluding hydrogens is 356 g/mol. The van der Waals surface area contributed by atoms with Crippen LogP contribution in [0.3, 0.4) is 0 Å². The predicted molar refractivity (Wildman–Crippen MR) is 99.5 cm³/mol. The monoisotopic (exact) mass is 380 g/mol. The molecule has 0 aliphatic rings. The van der Waals surface area contributed by atoms with Crippen molar-refractivity contribution in [3.05, 3.63) is 36.2 Å². The maximum Gasteiger partial charge on any atom is 0.320 e. The number of H-pyrrole nitrogens is 1. The number of aromatic amines is 1. The molecule has 0 fully saturated rings. The minimum absolute atomic E-state index is 0.250. The van der Waals surface area contributed by atoms with E-state index in [1.165, 1.54) is 6.33 Å². The van der Waals surface area contributed by atoms with Crippen LogP contribution in [-0.2, 0) is 25.5 Å². The number of hydrogen-bond acceptors (Lipinski definition) is 8. The normalized spacial score (nSPS) is 10.0. The fourth-order valence-electron chi connectivity index (χ4n) is 1.96. The Morgan fingerprint density at radius 1 is 1.15 bits per heavy atom. The van der Waals surface area contributed by atoms with Crippen molar-refractivity contribution in [3.8, 4) is 0 Å². The fourth-order valence-corrected chi connectivity index (χ4v) is 2.37. The number of nitrogens with zero attached hydrogens (tertiary/aromatic N) is 2. The molecule has 9 heteroatoms. The van der Waals surface area contributed by atoms with Gasteiger partial charge in [-0.15, -0.1) is 11.8 Å². The number of rotatable bonds is 7. The number of ether oxygens (including phenoxy) is 2. The summed E-state index contributed by atoms with van der Waals surface area (Å²) in [6.45, 7) is 3.93. The summed E-state index contributed by atoms with van der Waals surface area (Å²) in [6, 6.07) is 7.76. The Hall–Kier alpha value is -2.55. The van der Waals surface area contributed by atoms with Crippen LogP contribution in [0.25, 0.3) is 0 Å². The summed E-state index contributed by atoms with van der Waals surface area (Å²) in [4.78, 5) is 28.4. The summed E-state index contributed by atoms with van der Waals surface area (Å²) in [6.07, 6.45) is 3.65. The standard InChI is InChI=1S/C15H20O4S.C2H4N4/c1-4-18-14(16)13(15(17)19-5-2)10-11-6-8-12(20-3)9-7-11;3-2-4-1-5-6-2/h6-9,13H,4-5,10H2,1-3H3;1H,(H3,3,4,5,6). The lowest BCUT2D eigenvalue weighted by Crippen LogP contribution is -2.30. The minimum Gasteiger partial charge on any atom is -0.465 e. The molecule has 0 bridgehead atoms. The second kappa shape index (κ2) is 11.9. The molecule has 0 unspecified atom stereocenters. The van der Waals surface area contributed by atoms with E-state index < -0.39 is 17.9 Å². The topological polar surface area (TPSA) is 120 Å². The van der Waals surface area contributed by atoms with Gasteiger partial charge in [-0.25, -0.2) is 10.1 Å². The van der Waals surface area contributed by atoms with E-state index >= 15 is 0 Å². The van der Waals surface area contributed by atoms with Crippen LogP contribution in [0.4, 0.5) is 5.95 Å². The number of benzene rings is 1. The molecule has 1 aromatic carbocycles. The number of carbonyl (C=O) groups excluding carboxylic acids is 2. The van der Waals surface area contributed by atoms with Gasteiger partial charge >= 0.3 is 11.9 Å². The van der Waals surface area contributed by atoms with Gasteiger partial charge in [0.2, 0.25) is 5.95 Å². The number of esters is 2. The Balaban J connectivity index is 0.000000472. The molecule has 0 atom stereocenters. The summed E-state index contributed by atoms with van der Waals surface area (Å²) < 4.78 is 9.89. The van der Waals surface area contributed by atoms with Crippen LogP contribution >= 0.6 is 11.8 Å². The smallest absolute Gasteiger partial charge is 0.320 e. The average Bonchev–Trinajstić information content (AvgIpc) is 3.12. The number of nitrogens with one attached hydrogen (secondary N) is 1. The molecular formula is C17H24N4O4S. The van der Waals surface area contributed by atoms with Gasteiger partial charge in [-0.3, -0.25) is 9.59 Å². The van der Waals surface area contributed by atoms with Crippen molar-refractivity contribution in [2.45, 2.75) is 25.2 Å². The maximum absolute atomic E-state index is 11.9. The van der Waals surface area contributed by atoms with E-state index in [9.17, 15) is 9.59 Å². The predicted octanol–water partition coefficient (Wildman–Crippen LogP) is 2.08. The van der Waals surface area contributed by atoms with Crippen LogP contribution < -0.4 is 5.73 Å². The molecule has 0 radical (unpaired) electrons. The number of hydrogen-bond donors (Lipinski definition) is 2. The number of carbonyl (C=O) groups is 2. The van der Waals surface area contributed by atoms with E-state index in [1.54, 1.807) is 25.6 Å². The molecule has 1 heterocycles. The number of aromatic nitrogens is 3. The van der Waals surface area contributed by atoms with Crippen molar-refractivity contribution < 1.29 is 19.1 Å². The Labute approximate surface area is 156 Å². The summed E-state index contributed by atoms with van der Waals surface area (Å²) >= 11 is 1.64. The third kappa shape index (κ3) is 7.56. The Kier molecular flexibility index (Phi) is 9.85. The van der Waals surface area contributed by atoms with Gasteiger partial charge in [0.15, 0.2) is 5.92 Å². The molecule has 0 saturated heterocycles. The van der Waals surface area contributed by atoms with Crippen molar-refractivity contribution in [2.75, 3.05) is 25.2 Å². The second-order valence-corrected chi connectivity index (χ2v) is 5.86. The van der Waals surface area contributed by atoms with Gasteiger partial charge < -0.3 is 15.2 Å². The van der Waals surface area contributed by atoms with Gasteiger partial charge in [0, 0.05) is 4.90 Å². The van der Waals surface area contributed by atoms with Gasteiger partial charge in [0.25, 0.3) is 0 Å². The molecule has 2 rings (SSSR count). The fraction of sp³-hybridized carbons (Fsp3) is 0.412. The van der Waals surface area contributed by atoms with Gasteiger partial charge in [-0.2, -0.15) is 5.10 Å². The van der Waals surface area contributed by atoms with Crippen molar-refractivity contribution in [3.63, 3.8) is 0 Å². The molecule has 26 heavy (non-hydrogen) atoms. The highest BCUT2D eigenvalue weighted by Crippen LogP contribution is 2.18. The lowest BCUT2D eigenvalue weighted by atomic mass is 9.99. The van der Waals surface area contributed by atoms with Gasteiger partial charge in [0.1, 0.15) is 6.33 Å². The molecule has 0 aliphatic carbocycles. The molecule has 0 saturated carbocycles. The van der Waals surface area contributed by atoms with E-state index in [2.05, 4.69) is 15.2 Å². The van der Waals surface area contributed by atoms with E-state index in [1.807, 2.05) is 30.5 Å². The highest BCUT2D eigenvalue weighted by molar-refractivity contribution is 7.98. The summed E-state index contributed by atoms with van der Waals surface area (Å²) in [5.41, 5.74) is 5.96. The van der Waals surface area contributed by atoms with Gasteiger partial charge in [-0.1, -0.05) is 12.1 Å². The third-order valence-electron chi connectivity index (χ3n) is 3.17. The van der Waals surface area contributed by atoms with Crippen LogP contribution in [0.1, 0.15) is 19.4 Å². The van der Waals surface area contributed by atoms with E-state index in [-0.39, 0.29) is 13.2 Å². The molecule has 142 valence electrons. The largest absolute Gasteiger partial charge is 0.465 e. The average molecular weight is 380 g/mol. The quantitative estimate of drug-likeness (QED) is 0.425. The number of thioether (sulfide) groups is 1. The molecule has 0 spiro atoms. The van der Waals surface area contributed by atoms with Crippen molar-refractivity contribution in [1.82, 2.24) is 15.2 Å². The summed E-state index contributed by atoms with van der Waals surface area (Å²) in [5.74, 6) is -1.59. The van der Waals surface area contributed by atoms with Crippen LogP contribution in [-0.4, -0.2) is 46.6 Å². The molecule has 0 amide bonds. The first kappa shape index (κ1) is 21.5. The van der Waals surface area contributed by atoms with E-state index in [0.717, 1.165) is 10.5 Å². The molecule has 1 aromatic heterocycles. The zero-order valence-electron chi connectivity index (χ0n) is 15.1. The van der Waals surface area contributed by atoms with E-state index in [0.29, 0.717) is 12.4 Å². The molecule has 2 aromatic rings. The highest BCUT2D eigenvalue weighted by Gasteiger charge is 2.29. The van der Waals surface area contributed by atoms with Crippen molar-refractivity contribution >= 4 is 29.6 Å². The van der Waals surface area contributed by atoms with Gasteiger partial charge in [-0.05, 0) is 44.2 Å². The third-order valence-corrected chi connectivity index (χ3v) is 3.92. The van der Waals surface area contributed by atoms with Crippen LogP contribution in [0.2, 0.25) is 0 Å². The van der Waals surface area contributed by atoms with E-state index in [4.69, 9.17) is 15.2 Å². The molecule has 0 aliphatic heterocycles. The summed E-state index contributed by atoms with van der Waals surface area (Å²) in [7, 11) is 0. The Morgan fingerprint density at radius 2 is 1.73 bits per heavy atom. The number of anilines is 1. The number of nitrogen functional groups attached to an aromatic ring is 1. The van der Waals surface area contributed by atoms with Crippen LogP contribution in [0.5, 0.6) is 0 Å². The zero-order chi connectivity index (χ0) is 19.4. The SMILES string of the molecule is CCOC(=O)C(Cc1ccc(SC)cc1)C(=O)OCC.Nc1ncn[nH]1. The first-order valence-corrected chi connectivity index (χ1v) is 9.31. The summed E-state index contributed by atoms with van der Waals surface area (Å²) in [5, 5.41) is 5.88. The first-order valence-electron chi connectivity index (χ1n) is 8.08. The maximum atomic E-state index is 11.9. The van der Waals surface area contributed by atoms with Crippen LogP contribution in [0.15, 0.2) is 35.5 Å². The minimum atomic E-state index is -0.893. The Morgan fingerprint density at radius 3 is 2.08 bits per heavy atom. The zero-order valence-corrected chi connectivity index (χ0v) is 15.9.